The Labute approximate surface area is 111 Å². The van der Waals surface area contributed by atoms with Crippen LogP contribution in [0, 0.1) is 5.92 Å². The first-order chi connectivity index (χ1) is 8.67. The van der Waals surface area contributed by atoms with Crippen molar-refractivity contribution >= 4 is 6.72 Å². The minimum atomic E-state index is 0.600. The number of nitrogens with one attached hydrogen (secondary N) is 2. The first-order valence-electron chi connectivity index (χ1n) is 6.71. The first kappa shape index (κ1) is 14.8. The molecule has 0 bridgehead atoms. The summed E-state index contributed by atoms with van der Waals surface area (Å²) in [7, 11) is 0. The van der Waals surface area contributed by atoms with Crippen molar-refractivity contribution in [3.8, 4) is 0 Å². The number of nitrogens with zero attached hydrogens (tertiary/aromatic N) is 2. The highest BCUT2D eigenvalue weighted by Gasteiger charge is 2.11. The maximum Gasteiger partial charge on any atom is 0.127 e. The van der Waals surface area contributed by atoms with Crippen LogP contribution < -0.4 is 10.6 Å². The van der Waals surface area contributed by atoms with Crippen LogP contribution in [0.1, 0.15) is 20.8 Å². The molecule has 1 fully saturated rings. The number of hydrogen-bond donors (Lipinski definition) is 2. The van der Waals surface area contributed by atoms with Gasteiger partial charge in [0.15, 0.2) is 0 Å². The van der Waals surface area contributed by atoms with E-state index in [0.717, 1.165) is 38.5 Å². The smallest absolute Gasteiger partial charge is 0.127 e. The molecule has 0 atom stereocenters. The van der Waals surface area contributed by atoms with Gasteiger partial charge in [0.1, 0.15) is 5.82 Å². The number of piperazine rings is 1. The molecule has 1 rings (SSSR count). The summed E-state index contributed by atoms with van der Waals surface area (Å²) >= 11 is 0. The van der Waals surface area contributed by atoms with Gasteiger partial charge in [0.25, 0.3) is 0 Å². The van der Waals surface area contributed by atoms with Crippen LogP contribution in [0.25, 0.3) is 0 Å². The molecule has 2 N–H and O–H groups in total. The third kappa shape index (κ3) is 4.92. The van der Waals surface area contributed by atoms with Crippen LogP contribution in [0.5, 0.6) is 0 Å². The molecule has 0 aliphatic carbocycles. The number of hydrogen-bond acceptors (Lipinski definition) is 4. The van der Waals surface area contributed by atoms with Gasteiger partial charge in [-0.3, -0.25) is 0 Å². The minimum absolute atomic E-state index is 0.600. The van der Waals surface area contributed by atoms with Crippen molar-refractivity contribution in [1.29, 1.82) is 0 Å². The fourth-order valence-electron chi connectivity index (χ4n) is 1.88. The second kappa shape index (κ2) is 7.93. The average Bonchev–Trinajstić information content (AvgIpc) is 2.40. The Bertz CT molecular complexity index is 312. The lowest BCUT2D eigenvalue weighted by Gasteiger charge is -2.30. The Balaban J connectivity index is 2.65. The molecule has 1 aliphatic rings. The van der Waals surface area contributed by atoms with Gasteiger partial charge in [-0.2, -0.15) is 0 Å². The summed E-state index contributed by atoms with van der Waals surface area (Å²) in [6, 6.07) is 0. The van der Waals surface area contributed by atoms with E-state index in [1.807, 2.05) is 0 Å². The summed E-state index contributed by atoms with van der Waals surface area (Å²) < 4.78 is 0. The molecule has 102 valence electrons. The average molecular weight is 250 g/mol. The van der Waals surface area contributed by atoms with Crippen LogP contribution >= 0.6 is 0 Å². The van der Waals surface area contributed by atoms with Crippen molar-refractivity contribution in [3.05, 3.63) is 23.7 Å². The van der Waals surface area contributed by atoms with Crippen LogP contribution in [-0.4, -0.2) is 44.3 Å². The van der Waals surface area contributed by atoms with Crippen molar-refractivity contribution in [3.63, 3.8) is 0 Å². The Morgan fingerprint density at radius 2 is 2.11 bits per heavy atom. The van der Waals surface area contributed by atoms with Gasteiger partial charge in [0.2, 0.25) is 0 Å². The first-order valence-corrected chi connectivity index (χ1v) is 6.71. The van der Waals surface area contributed by atoms with Gasteiger partial charge in [-0.25, -0.2) is 4.99 Å². The van der Waals surface area contributed by atoms with Gasteiger partial charge in [0.05, 0.1) is 0 Å². The monoisotopic (exact) mass is 250 g/mol. The van der Waals surface area contributed by atoms with Gasteiger partial charge in [-0.05, 0) is 19.6 Å². The van der Waals surface area contributed by atoms with Crippen LogP contribution in [0.4, 0.5) is 0 Å². The maximum atomic E-state index is 4.06. The largest absolute Gasteiger partial charge is 0.370 e. The predicted octanol–water partition coefficient (Wildman–Crippen LogP) is 1.58. The molecule has 18 heavy (non-hydrogen) atoms. The highest BCUT2D eigenvalue weighted by atomic mass is 15.2. The third-order valence-corrected chi connectivity index (χ3v) is 2.92. The van der Waals surface area contributed by atoms with Gasteiger partial charge in [-0.1, -0.05) is 19.9 Å². The van der Waals surface area contributed by atoms with E-state index >= 15 is 0 Å². The minimum Gasteiger partial charge on any atom is -0.370 e. The normalized spacial score (nSPS) is 18.1. The number of rotatable bonds is 6. The molecule has 0 aromatic carbocycles. The molecule has 0 spiro atoms. The third-order valence-electron chi connectivity index (χ3n) is 2.92. The van der Waals surface area contributed by atoms with Gasteiger partial charge in [-0.15, -0.1) is 0 Å². The highest BCUT2D eigenvalue weighted by Crippen LogP contribution is 2.10. The summed E-state index contributed by atoms with van der Waals surface area (Å²) in [6.07, 6.45) is 4.22. The molecule has 4 nitrogen and oxygen atoms in total. The highest BCUT2D eigenvalue weighted by molar-refractivity contribution is 5.31. The van der Waals surface area contributed by atoms with Crippen molar-refractivity contribution in [2.75, 3.05) is 32.7 Å². The standard InChI is InChI=1S/C14H26N4/c1-5-13(18-8-6-16-7-9-18)10-14(15-4)17-11-12(2)3/h5,10,12,16-17H,4,6-9,11H2,1-3H3/b13-5+,14-10+. The molecule has 0 aromatic rings. The zero-order valence-electron chi connectivity index (χ0n) is 11.9. The fraction of sp³-hybridized carbons (Fsp3) is 0.643. The lowest BCUT2D eigenvalue weighted by Crippen LogP contribution is -2.42. The van der Waals surface area contributed by atoms with E-state index in [2.05, 4.69) is 60.2 Å². The topological polar surface area (TPSA) is 39.7 Å². The second-order valence-corrected chi connectivity index (χ2v) is 4.91. The number of allylic oxidation sites excluding steroid dienone is 2. The summed E-state index contributed by atoms with van der Waals surface area (Å²) in [6.45, 7) is 15.2. The van der Waals surface area contributed by atoms with Crippen molar-refractivity contribution in [2.24, 2.45) is 10.9 Å². The quantitative estimate of drug-likeness (QED) is 0.555. The molecule has 0 amide bonds. The molecular formula is C14H26N4. The summed E-state index contributed by atoms with van der Waals surface area (Å²) in [5.74, 6) is 1.46. The van der Waals surface area contributed by atoms with E-state index in [0.29, 0.717) is 5.92 Å². The molecule has 0 aromatic heterocycles. The zero-order valence-corrected chi connectivity index (χ0v) is 11.9. The molecule has 1 heterocycles. The SMILES string of the molecule is C=N/C(=C\C(=C/C)N1CCNCC1)NCC(C)C. The van der Waals surface area contributed by atoms with E-state index in [9.17, 15) is 0 Å². The lowest BCUT2D eigenvalue weighted by atomic mass is 10.2. The van der Waals surface area contributed by atoms with Crippen molar-refractivity contribution < 1.29 is 0 Å². The lowest BCUT2D eigenvalue weighted by molar-refractivity contribution is 0.306. The van der Waals surface area contributed by atoms with Crippen molar-refractivity contribution in [2.45, 2.75) is 20.8 Å². The Morgan fingerprint density at radius 1 is 1.44 bits per heavy atom. The Morgan fingerprint density at radius 3 is 2.61 bits per heavy atom. The van der Waals surface area contributed by atoms with E-state index in [1.54, 1.807) is 0 Å². The summed E-state index contributed by atoms with van der Waals surface area (Å²) in [4.78, 5) is 6.43. The van der Waals surface area contributed by atoms with E-state index in [-0.39, 0.29) is 0 Å². The van der Waals surface area contributed by atoms with Crippen LogP contribution in [0.2, 0.25) is 0 Å². The molecule has 4 heteroatoms. The summed E-state index contributed by atoms with van der Waals surface area (Å²) in [5.41, 5.74) is 1.22. The van der Waals surface area contributed by atoms with Crippen LogP contribution in [0.3, 0.4) is 0 Å². The Hall–Kier alpha value is -1.29. The summed E-state index contributed by atoms with van der Waals surface area (Å²) in [5, 5.41) is 6.68. The molecule has 0 unspecified atom stereocenters. The fourth-order valence-corrected chi connectivity index (χ4v) is 1.88. The Kier molecular flexibility index (Phi) is 6.50. The zero-order chi connectivity index (χ0) is 13.4. The van der Waals surface area contributed by atoms with Crippen LogP contribution in [-0.2, 0) is 0 Å². The van der Waals surface area contributed by atoms with Gasteiger partial charge >= 0.3 is 0 Å². The van der Waals surface area contributed by atoms with E-state index in [1.165, 1.54) is 5.70 Å². The van der Waals surface area contributed by atoms with Crippen molar-refractivity contribution in [1.82, 2.24) is 15.5 Å². The number of aliphatic imine (C=N–C) groups is 1. The van der Waals surface area contributed by atoms with Crippen LogP contribution in [0.15, 0.2) is 28.7 Å². The molecule has 1 saturated heterocycles. The second-order valence-electron chi connectivity index (χ2n) is 4.91. The molecule has 0 saturated carbocycles. The molecular weight excluding hydrogens is 224 g/mol. The van der Waals surface area contributed by atoms with Gasteiger partial charge in [0, 0.05) is 44.5 Å². The van der Waals surface area contributed by atoms with Gasteiger partial charge < -0.3 is 15.5 Å². The maximum absolute atomic E-state index is 4.06. The predicted molar refractivity (Wildman–Crippen MR) is 78.7 cm³/mol. The van der Waals surface area contributed by atoms with E-state index in [4.69, 9.17) is 0 Å². The molecule has 0 radical (unpaired) electrons. The molecule has 1 aliphatic heterocycles. The van der Waals surface area contributed by atoms with E-state index < -0.39 is 0 Å².